The summed E-state index contributed by atoms with van der Waals surface area (Å²) in [6, 6.07) is 10.2. The van der Waals surface area contributed by atoms with Crippen molar-refractivity contribution < 1.29 is 23.8 Å². The Morgan fingerprint density at radius 1 is 1.07 bits per heavy atom. The number of benzene rings is 2. The van der Waals surface area contributed by atoms with Crippen molar-refractivity contribution in [3.05, 3.63) is 52.0 Å². The number of halogens is 1. The zero-order valence-electron chi connectivity index (χ0n) is 15.6. The van der Waals surface area contributed by atoms with Crippen LogP contribution in [0.4, 0.5) is 0 Å². The largest absolute Gasteiger partial charge is 0.496 e. The minimum atomic E-state index is -0.473. The van der Waals surface area contributed by atoms with Crippen LogP contribution in [0.3, 0.4) is 0 Å². The molecule has 8 nitrogen and oxygen atoms in total. The van der Waals surface area contributed by atoms with Crippen molar-refractivity contribution in [3.8, 4) is 17.2 Å². The fraction of sp³-hybridized carbons (Fsp3) is 0.211. The number of amides is 2. The number of carbonyl (C=O) groups excluding carboxylic acids is 2. The molecular formula is C19H20BrN3O5. The summed E-state index contributed by atoms with van der Waals surface area (Å²) >= 11 is 3.38. The first kappa shape index (κ1) is 21.2. The van der Waals surface area contributed by atoms with Gasteiger partial charge in [0.25, 0.3) is 11.8 Å². The highest BCUT2D eigenvalue weighted by molar-refractivity contribution is 9.10. The highest BCUT2D eigenvalue weighted by Gasteiger charge is 2.12. The van der Waals surface area contributed by atoms with Gasteiger partial charge in [0.1, 0.15) is 5.75 Å². The van der Waals surface area contributed by atoms with Gasteiger partial charge in [0, 0.05) is 0 Å². The van der Waals surface area contributed by atoms with E-state index in [-0.39, 0.29) is 6.54 Å². The molecule has 0 aromatic heterocycles. The van der Waals surface area contributed by atoms with E-state index in [2.05, 4.69) is 31.8 Å². The molecule has 2 rings (SSSR count). The van der Waals surface area contributed by atoms with Crippen molar-refractivity contribution in [1.29, 1.82) is 0 Å². The third-order valence-corrected chi connectivity index (χ3v) is 4.21. The van der Waals surface area contributed by atoms with E-state index in [0.717, 1.165) is 0 Å². The zero-order valence-corrected chi connectivity index (χ0v) is 17.2. The van der Waals surface area contributed by atoms with Gasteiger partial charge in [0.15, 0.2) is 11.5 Å². The summed E-state index contributed by atoms with van der Waals surface area (Å²) in [6.45, 7) is -0.232. The number of nitrogens with zero attached hydrogens (tertiary/aromatic N) is 1. The standard InChI is InChI=1S/C19H20BrN3O5/c1-26-15-7-5-4-6-13(15)19(25)21-11-17(24)23-22-10-12-8-14(20)18(28-3)16(9-12)27-2/h4-10H,11H2,1-3H3,(H,21,25)(H,23,24). The molecule has 0 aliphatic rings. The normalized spacial score (nSPS) is 10.4. The molecule has 2 aromatic carbocycles. The monoisotopic (exact) mass is 449 g/mol. The molecule has 148 valence electrons. The maximum absolute atomic E-state index is 12.2. The molecule has 0 heterocycles. The maximum atomic E-state index is 12.2. The van der Waals surface area contributed by atoms with Gasteiger partial charge in [-0.15, -0.1) is 0 Å². The first-order valence-corrected chi connectivity index (χ1v) is 8.94. The van der Waals surface area contributed by atoms with Gasteiger partial charge in [-0.25, -0.2) is 5.43 Å². The van der Waals surface area contributed by atoms with Crippen LogP contribution in [0.2, 0.25) is 0 Å². The van der Waals surface area contributed by atoms with E-state index < -0.39 is 11.8 Å². The first-order valence-electron chi connectivity index (χ1n) is 8.14. The van der Waals surface area contributed by atoms with Crippen molar-refractivity contribution in [2.24, 2.45) is 5.10 Å². The number of methoxy groups -OCH3 is 3. The highest BCUT2D eigenvalue weighted by Crippen LogP contribution is 2.35. The summed E-state index contributed by atoms with van der Waals surface area (Å²) in [5.41, 5.74) is 3.38. The second-order valence-electron chi connectivity index (χ2n) is 5.41. The molecule has 9 heteroatoms. The maximum Gasteiger partial charge on any atom is 0.259 e. The number of hydrazone groups is 1. The third kappa shape index (κ3) is 5.46. The zero-order chi connectivity index (χ0) is 20.5. The number of carbonyl (C=O) groups is 2. The molecule has 0 saturated heterocycles. The van der Waals surface area contributed by atoms with Crippen LogP contribution in [0, 0.1) is 0 Å². The van der Waals surface area contributed by atoms with E-state index >= 15 is 0 Å². The average molecular weight is 450 g/mol. The quantitative estimate of drug-likeness (QED) is 0.476. The Labute approximate surface area is 171 Å². The number of nitrogens with one attached hydrogen (secondary N) is 2. The molecule has 0 aliphatic heterocycles. The molecular weight excluding hydrogens is 430 g/mol. The van der Waals surface area contributed by atoms with Gasteiger partial charge in [0.05, 0.1) is 44.1 Å². The van der Waals surface area contributed by atoms with Crippen LogP contribution in [-0.4, -0.2) is 45.9 Å². The summed E-state index contributed by atoms with van der Waals surface area (Å²) in [6.07, 6.45) is 1.45. The van der Waals surface area contributed by atoms with Gasteiger partial charge in [-0.3, -0.25) is 9.59 Å². The number of para-hydroxylation sites is 1. The second kappa shape index (κ2) is 10.3. The van der Waals surface area contributed by atoms with Crippen LogP contribution in [0.1, 0.15) is 15.9 Å². The SMILES string of the molecule is COc1ccccc1C(=O)NCC(=O)NN=Cc1cc(Br)c(OC)c(OC)c1. The summed E-state index contributed by atoms with van der Waals surface area (Å²) < 4.78 is 16.3. The van der Waals surface area contributed by atoms with Gasteiger partial charge in [0.2, 0.25) is 0 Å². The van der Waals surface area contributed by atoms with Crippen molar-refractivity contribution >= 4 is 34.0 Å². The average Bonchev–Trinajstić information content (AvgIpc) is 2.71. The van der Waals surface area contributed by atoms with Gasteiger partial charge >= 0.3 is 0 Å². The molecule has 2 aromatic rings. The number of ether oxygens (including phenoxy) is 3. The van der Waals surface area contributed by atoms with Gasteiger partial charge in [-0.05, 0) is 45.8 Å². The minimum Gasteiger partial charge on any atom is -0.496 e. The Hall–Kier alpha value is -3.07. The van der Waals surface area contributed by atoms with Crippen molar-refractivity contribution in [1.82, 2.24) is 10.7 Å². The second-order valence-corrected chi connectivity index (χ2v) is 6.27. The summed E-state index contributed by atoms with van der Waals surface area (Å²) in [5, 5.41) is 6.40. The number of hydrogen-bond acceptors (Lipinski definition) is 6. The smallest absolute Gasteiger partial charge is 0.259 e. The topological polar surface area (TPSA) is 98.2 Å². The van der Waals surface area contributed by atoms with Crippen LogP contribution < -0.4 is 25.0 Å². The highest BCUT2D eigenvalue weighted by atomic mass is 79.9. The van der Waals surface area contributed by atoms with Crippen molar-refractivity contribution in [3.63, 3.8) is 0 Å². The van der Waals surface area contributed by atoms with E-state index in [1.54, 1.807) is 36.4 Å². The lowest BCUT2D eigenvalue weighted by Crippen LogP contribution is -2.35. The van der Waals surface area contributed by atoms with Crippen LogP contribution in [0.25, 0.3) is 0 Å². The van der Waals surface area contributed by atoms with Gasteiger partial charge in [-0.1, -0.05) is 12.1 Å². The lowest BCUT2D eigenvalue weighted by molar-refractivity contribution is -0.120. The van der Waals surface area contributed by atoms with E-state index in [4.69, 9.17) is 14.2 Å². The van der Waals surface area contributed by atoms with E-state index in [9.17, 15) is 9.59 Å². The molecule has 2 N–H and O–H groups in total. The third-order valence-electron chi connectivity index (χ3n) is 3.62. The molecule has 0 saturated carbocycles. The molecule has 28 heavy (non-hydrogen) atoms. The molecule has 0 bridgehead atoms. The summed E-state index contributed by atoms with van der Waals surface area (Å²) in [5.74, 6) is 0.619. The predicted molar refractivity (Wildman–Crippen MR) is 108 cm³/mol. The van der Waals surface area contributed by atoms with Gasteiger partial charge < -0.3 is 19.5 Å². The van der Waals surface area contributed by atoms with E-state index in [1.165, 1.54) is 27.5 Å². The summed E-state index contributed by atoms with van der Waals surface area (Å²) in [4.78, 5) is 24.0. The Balaban J connectivity index is 1.92. The minimum absolute atomic E-state index is 0.232. The number of rotatable bonds is 8. The van der Waals surface area contributed by atoms with E-state index in [0.29, 0.717) is 32.8 Å². The molecule has 2 amide bonds. The van der Waals surface area contributed by atoms with Crippen LogP contribution >= 0.6 is 15.9 Å². The van der Waals surface area contributed by atoms with Crippen molar-refractivity contribution in [2.75, 3.05) is 27.9 Å². The van der Waals surface area contributed by atoms with Crippen LogP contribution in [0.15, 0.2) is 46.0 Å². The molecule has 0 atom stereocenters. The molecule has 0 radical (unpaired) electrons. The van der Waals surface area contributed by atoms with Crippen LogP contribution in [0.5, 0.6) is 17.2 Å². The fourth-order valence-corrected chi connectivity index (χ4v) is 2.94. The molecule has 0 aliphatic carbocycles. The van der Waals surface area contributed by atoms with Gasteiger partial charge in [-0.2, -0.15) is 5.10 Å². The Morgan fingerprint density at radius 3 is 2.46 bits per heavy atom. The Morgan fingerprint density at radius 2 is 1.79 bits per heavy atom. The van der Waals surface area contributed by atoms with Crippen molar-refractivity contribution in [2.45, 2.75) is 0 Å². The lowest BCUT2D eigenvalue weighted by Gasteiger charge is -2.10. The predicted octanol–water partition coefficient (Wildman–Crippen LogP) is 2.36. The van der Waals surface area contributed by atoms with E-state index in [1.807, 2.05) is 0 Å². The Kier molecular flexibility index (Phi) is 7.82. The van der Waals surface area contributed by atoms with Crippen LogP contribution in [-0.2, 0) is 4.79 Å². The molecule has 0 unspecified atom stereocenters. The Bertz CT molecular complexity index is 886. The molecule has 0 spiro atoms. The first-order chi connectivity index (χ1) is 13.5. The fourth-order valence-electron chi connectivity index (χ4n) is 2.32. The summed E-state index contributed by atoms with van der Waals surface area (Å²) in [7, 11) is 4.54. The lowest BCUT2D eigenvalue weighted by atomic mass is 10.2. The molecule has 0 fully saturated rings. The number of hydrogen-bond donors (Lipinski definition) is 2.